The summed E-state index contributed by atoms with van der Waals surface area (Å²) in [6.45, 7) is 14.4. The zero-order valence-corrected chi connectivity index (χ0v) is 31.2. The minimum atomic E-state index is -1.48. The predicted octanol–water partition coefficient (Wildman–Crippen LogP) is 4.66. The molecule has 1 amide bonds. The highest BCUT2D eigenvalue weighted by atomic mass is 16.6. The van der Waals surface area contributed by atoms with Crippen molar-refractivity contribution in [2.75, 3.05) is 26.2 Å². The maximum Gasteiger partial charge on any atom is 0.410 e. The average molecular weight is 705 g/mol. The van der Waals surface area contributed by atoms with E-state index in [0.717, 1.165) is 25.9 Å². The molecule has 10 atom stereocenters. The number of ether oxygens (including phenoxy) is 3. The van der Waals surface area contributed by atoms with Crippen LogP contribution in [0.15, 0.2) is 36.0 Å². The number of aliphatic hydroxyl groups excluding tert-OH is 2. The topological polar surface area (TPSA) is 153 Å². The van der Waals surface area contributed by atoms with Crippen molar-refractivity contribution in [1.29, 1.82) is 0 Å². The minimum absolute atomic E-state index is 0.00979. The summed E-state index contributed by atoms with van der Waals surface area (Å²) in [6, 6.07) is 0.483. The quantitative estimate of drug-likeness (QED) is 0.109. The molecule has 10 unspecified atom stereocenters. The highest BCUT2D eigenvalue weighted by molar-refractivity contribution is 5.70. The van der Waals surface area contributed by atoms with Crippen molar-refractivity contribution < 1.29 is 44.2 Å². The number of aliphatic hydroxyl groups is 4. The van der Waals surface area contributed by atoms with Crippen LogP contribution in [0, 0.1) is 11.8 Å². The highest BCUT2D eigenvalue weighted by Crippen LogP contribution is 2.37. The first-order valence-corrected chi connectivity index (χ1v) is 19.0. The number of cyclic esters (lactones) is 1. The molecule has 11 heteroatoms. The van der Waals surface area contributed by atoms with Gasteiger partial charge in [0.15, 0.2) is 6.10 Å². The number of carbonyl (C=O) groups excluding carboxylic acids is 2. The zero-order valence-electron chi connectivity index (χ0n) is 31.2. The first kappa shape index (κ1) is 40.5. The van der Waals surface area contributed by atoms with E-state index in [-0.39, 0.29) is 43.3 Å². The van der Waals surface area contributed by atoms with Crippen LogP contribution in [0.1, 0.15) is 106 Å². The Labute approximate surface area is 299 Å². The van der Waals surface area contributed by atoms with Gasteiger partial charge < -0.3 is 44.4 Å². The summed E-state index contributed by atoms with van der Waals surface area (Å²) in [5.41, 5.74) is -1.92. The molecule has 4 N–H and O–H groups in total. The largest absolute Gasteiger partial charge is 0.457 e. The lowest BCUT2D eigenvalue weighted by Gasteiger charge is -2.40. The van der Waals surface area contributed by atoms with Gasteiger partial charge in [-0.25, -0.2) is 4.79 Å². The number of piperidine rings is 2. The van der Waals surface area contributed by atoms with Crippen LogP contribution in [0.4, 0.5) is 4.79 Å². The summed E-state index contributed by atoms with van der Waals surface area (Å²) >= 11 is 0. The van der Waals surface area contributed by atoms with Gasteiger partial charge in [-0.1, -0.05) is 51.5 Å². The average Bonchev–Trinajstić information content (AvgIpc) is 3.84. The number of allylic oxidation sites excluding steroid dienone is 2. The Kier molecular flexibility index (Phi) is 14.6. The SMILES string of the molecule is CCC(O)C(C)C1OC1CC(C)(O)/C=C/C=C(\C)C1OC(=O)CC(O)CCC(C)(O)C(OC(=O)N2CCC(N3CCCCC3)CC2)/C=C/C1C. The summed E-state index contributed by atoms with van der Waals surface area (Å²) in [6.07, 6.45) is 11.4. The standard InChI is InChI=1S/C39H64N2O9/c1-7-31(43)28(4)36-32(48-36)25-38(5,46)18-11-12-26(2)35-27(3)13-14-33(39(6,47)19-15-30(42)24-34(44)50-35)49-37(45)41-22-16-29(17-23-41)40-20-9-8-10-21-40/h11-14,18,27-33,35-36,42-43,46-47H,7-10,15-17,19-25H2,1-6H3/b14-13+,18-11+,26-12+. The fourth-order valence-corrected chi connectivity index (χ4v) is 7.68. The molecule has 3 saturated heterocycles. The van der Waals surface area contributed by atoms with Gasteiger partial charge in [-0.15, -0.1) is 0 Å². The van der Waals surface area contributed by atoms with Gasteiger partial charge in [0.05, 0.1) is 36.4 Å². The molecule has 0 spiro atoms. The van der Waals surface area contributed by atoms with E-state index in [9.17, 15) is 30.0 Å². The molecule has 0 bridgehead atoms. The molecule has 0 aliphatic carbocycles. The Morgan fingerprint density at radius 2 is 1.84 bits per heavy atom. The summed E-state index contributed by atoms with van der Waals surface area (Å²) < 4.78 is 17.6. The lowest BCUT2D eigenvalue weighted by Crippen LogP contribution is -2.50. The number of hydrogen-bond acceptors (Lipinski definition) is 10. The Morgan fingerprint density at radius 3 is 2.50 bits per heavy atom. The smallest absolute Gasteiger partial charge is 0.410 e. The molecular formula is C39H64N2O9. The van der Waals surface area contributed by atoms with Crippen LogP contribution in [0.2, 0.25) is 0 Å². The molecule has 4 aliphatic rings. The first-order chi connectivity index (χ1) is 23.6. The molecule has 284 valence electrons. The number of esters is 1. The van der Waals surface area contributed by atoms with Crippen LogP contribution >= 0.6 is 0 Å². The molecular weight excluding hydrogens is 640 g/mol. The molecule has 0 aromatic rings. The lowest BCUT2D eigenvalue weighted by molar-refractivity contribution is -0.151. The molecule has 0 radical (unpaired) electrons. The van der Waals surface area contributed by atoms with Gasteiger partial charge in [0.2, 0.25) is 0 Å². The molecule has 3 fully saturated rings. The van der Waals surface area contributed by atoms with Crippen molar-refractivity contribution in [3.8, 4) is 0 Å². The summed E-state index contributed by atoms with van der Waals surface area (Å²) in [4.78, 5) is 30.6. The van der Waals surface area contributed by atoms with E-state index in [1.807, 2.05) is 27.7 Å². The number of hydrogen-bond donors (Lipinski definition) is 4. The van der Waals surface area contributed by atoms with E-state index in [0.29, 0.717) is 37.5 Å². The number of epoxide rings is 1. The normalized spacial score (nSPS) is 35.7. The minimum Gasteiger partial charge on any atom is -0.457 e. The lowest BCUT2D eigenvalue weighted by atomic mass is 9.88. The maximum atomic E-state index is 13.4. The van der Waals surface area contributed by atoms with Crippen molar-refractivity contribution in [2.24, 2.45) is 11.8 Å². The van der Waals surface area contributed by atoms with E-state index in [2.05, 4.69) is 4.90 Å². The molecule has 4 heterocycles. The van der Waals surface area contributed by atoms with E-state index >= 15 is 0 Å². The first-order valence-electron chi connectivity index (χ1n) is 19.0. The number of nitrogens with zero attached hydrogens (tertiary/aromatic N) is 2. The Bertz CT molecular complexity index is 1200. The van der Waals surface area contributed by atoms with Crippen LogP contribution < -0.4 is 0 Å². The van der Waals surface area contributed by atoms with E-state index in [1.54, 1.807) is 49.1 Å². The van der Waals surface area contributed by atoms with Gasteiger partial charge >= 0.3 is 12.1 Å². The molecule has 11 nitrogen and oxygen atoms in total. The molecule has 4 rings (SSSR count). The Balaban J connectivity index is 1.42. The second kappa shape index (κ2) is 18.0. The number of rotatable bonds is 10. The van der Waals surface area contributed by atoms with Crippen LogP contribution in [-0.2, 0) is 19.0 Å². The van der Waals surface area contributed by atoms with Crippen molar-refractivity contribution in [3.05, 3.63) is 36.0 Å². The molecule has 0 aromatic heterocycles. The Hall–Kier alpha value is -2.28. The number of amides is 1. The van der Waals surface area contributed by atoms with Gasteiger partial charge in [0.1, 0.15) is 11.7 Å². The van der Waals surface area contributed by atoms with Crippen molar-refractivity contribution in [1.82, 2.24) is 9.80 Å². The molecule has 50 heavy (non-hydrogen) atoms. The van der Waals surface area contributed by atoms with Gasteiger partial charge in [-0.05, 0) is 90.5 Å². The summed E-state index contributed by atoms with van der Waals surface area (Å²) in [5.74, 6) is -0.933. The van der Waals surface area contributed by atoms with Crippen LogP contribution in [0.25, 0.3) is 0 Å². The fraction of sp³-hybridized carbons (Fsp3) is 0.795. The monoisotopic (exact) mass is 704 g/mol. The van der Waals surface area contributed by atoms with Gasteiger partial charge in [-0.3, -0.25) is 4.79 Å². The van der Waals surface area contributed by atoms with E-state index in [1.165, 1.54) is 19.3 Å². The number of carbonyl (C=O) groups is 2. The molecule has 0 aromatic carbocycles. The second-order valence-electron chi connectivity index (χ2n) is 15.8. The van der Waals surface area contributed by atoms with Crippen LogP contribution in [0.3, 0.4) is 0 Å². The third-order valence-corrected chi connectivity index (χ3v) is 11.2. The van der Waals surface area contributed by atoms with Gasteiger partial charge in [-0.2, -0.15) is 0 Å². The Morgan fingerprint density at radius 1 is 1.16 bits per heavy atom. The maximum absolute atomic E-state index is 13.4. The zero-order chi connectivity index (χ0) is 36.6. The summed E-state index contributed by atoms with van der Waals surface area (Å²) in [7, 11) is 0. The summed E-state index contributed by atoms with van der Waals surface area (Å²) in [5, 5.41) is 43.4. The van der Waals surface area contributed by atoms with Crippen LogP contribution in [-0.4, -0.2) is 122 Å². The third-order valence-electron chi connectivity index (χ3n) is 11.2. The van der Waals surface area contributed by atoms with E-state index < -0.39 is 47.7 Å². The predicted molar refractivity (Wildman–Crippen MR) is 191 cm³/mol. The number of likely N-dealkylation sites (tertiary alicyclic amines) is 2. The fourth-order valence-electron chi connectivity index (χ4n) is 7.68. The highest BCUT2D eigenvalue weighted by Gasteiger charge is 2.47. The van der Waals surface area contributed by atoms with Crippen LogP contribution in [0.5, 0.6) is 0 Å². The van der Waals surface area contributed by atoms with E-state index in [4.69, 9.17) is 14.2 Å². The van der Waals surface area contributed by atoms with Gasteiger partial charge in [0, 0.05) is 37.4 Å². The third kappa shape index (κ3) is 11.6. The van der Waals surface area contributed by atoms with Gasteiger partial charge in [0.25, 0.3) is 0 Å². The molecule has 4 aliphatic heterocycles. The van der Waals surface area contributed by atoms with Crippen molar-refractivity contribution in [2.45, 2.75) is 160 Å². The molecule has 0 saturated carbocycles. The van der Waals surface area contributed by atoms with Crippen molar-refractivity contribution >= 4 is 12.1 Å². The second-order valence-corrected chi connectivity index (χ2v) is 15.8. The van der Waals surface area contributed by atoms with Crippen molar-refractivity contribution in [3.63, 3.8) is 0 Å².